The minimum absolute atomic E-state index is 0.244. The lowest BCUT2D eigenvalue weighted by Crippen LogP contribution is -2.23. The fourth-order valence-electron chi connectivity index (χ4n) is 2.02. The van der Waals surface area contributed by atoms with E-state index in [4.69, 9.17) is 16.0 Å². The molecule has 0 aliphatic heterocycles. The molecule has 2 nitrogen and oxygen atoms in total. The van der Waals surface area contributed by atoms with Gasteiger partial charge in [-0.05, 0) is 49.7 Å². The maximum absolute atomic E-state index is 14.0. The smallest absolute Gasteiger partial charge is 0.193 e. The van der Waals surface area contributed by atoms with Crippen LogP contribution in [0, 0.1) is 12.7 Å². The Kier molecular flexibility index (Phi) is 4.61. The number of hydrogen-bond acceptors (Lipinski definition) is 2. The lowest BCUT2D eigenvalue weighted by molar-refractivity contribution is 0.437. The first-order chi connectivity index (χ1) is 9.11. The van der Waals surface area contributed by atoms with Crippen molar-refractivity contribution in [2.24, 2.45) is 0 Å². The van der Waals surface area contributed by atoms with E-state index in [1.165, 1.54) is 6.07 Å². The van der Waals surface area contributed by atoms with Gasteiger partial charge >= 0.3 is 0 Å². The van der Waals surface area contributed by atoms with E-state index in [0.717, 1.165) is 18.5 Å². The Morgan fingerprint density at radius 3 is 2.74 bits per heavy atom. The maximum atomic E-state index is 14.0. The fourth-order valence-corrected chi connectivity index (χ4v) is 2.17. The van der Waals surface area contributed by atoms with Crippen LogP contribution < -0.4 is 5.32 Å². The molecule has 0 saturated heterocycles. The lowest BCUT2D eigenvalue weighted by atomic mass is 10.0. The van der Waals surface area contributed by atoms with E-state index in [-0.39, 0.29) is 11.9 Å². The van der Waals surface area contributed by atoms with E-state index in [9.17, 15) is 4.39 Å². The van der Waals surface area contributed by atoms with Crippen molar-refractivity contribution in [2.45, 2.75) is 26.3 Å². The Bertz CT molecular complexity index is 553. The summed E-state index contributed by atoms with van der Waals surface area (Å²) in [6.07, 6.45) is 0.957. The van der Waals surface area contributed by atoms with E-state index in [2.05, 4.69) is 12.2 Å². The van der Waals surface area contributed by atoms with Crippen molar-refractivity contribution in [1.29, 1.82) is 0 Å². The molecule has 2 aromatic rings. The molecule has 0 bridgehead atoms. The van der Waals surface area contributed by atoms with Gasteiger partial charge in [-0.25, -0.2) is 4.39 Å². The van der Waals surface area contributed by atoms with Gasteiger partial charge in [-0.15, -0.1) is 0 Å². The van der Waals surface area contributed by atoms with Crippen molar-refractivity contribution in [3.63, 3.8) is 0 Å². The number of nitrogens with one attached hydrogen (secondary N) is 1. The predicted molar refractivity (Wildman–Crippen MR) is 75.0 cm³/mol. The van der Waals surface area contributed by atoms with Crippen molar-refractivity contribution in [3.8, 4) is 0 Å². The molecule has 0 fully saturated rings. The number of benzene rings is 1. The predicted octanol–water partition coefficient (Wildman–Crippen LogP) is 4.47. The van der Waals surface area contributed by atoms with Crippen LogP contribution in [0.3, 0.4) is 0 Å². The van der Waals surface area contributed by atoms with E-state index >= 15 is 0 Å². The summed E-state index contributed by atoms with van der Waals surface area (Å²) in [7, 11) is 0. The zero-order valence-electron chi connectivity index (χ0n) is 11.0. The van der Waals surface area contributed by atoms with Crippen LogP contribution in [0.15, 0.2) is 34.7 Å². The minimum Gasteiger partial charge on any atom is -0.448 e. The zero-order chi connectivity index (χ0) is 13.8. The van der Waals surface area contributed by atoms with E-state index in [0.29, 0.717) is 16.5 Å². The second-order valence-electron chi connectivity index (χ2n) is 4.55. The van der Waals surface area contributed by atoms with Crippen LogP contribution >= 0.6 is 11.6 Å². The Morgan fingerprint density at radius 1 is 1.32 bits per heavy atom. The van der Waals surface area contributed by atoms with Gasteiger partial charge in [0.25, 0.3) is 0 Å². The van der Waals surface area contributed by atoms with Gasteiger partial charge in [0, 0.05) is 5.56 Å². The number of halogens is 2. The summed E-state index contributed by atoms with van der Waals surface area (Å²) in [4.78, 5) is 0. The number of aryl methyl sites for hydroxylation is 1. The van der Waals surface area contributed by atoms with Crippen molar-refractivity contribution >= 4 is 11.6 Å². The van der Waals surface area contributed by atoms with Gasteiger partial charge in [0.15, 0.2) is 5.22 Å². The second kappa shape index (κ2) is 6.22. The Morgan fingerprint density at radius 2 is 2.11 bits per heavy atom. The Hall–Kier alpha value is -1.32. The van der Waals surface area contributed by atoms with E-state index < -0.39 is 0 Å². The van der Waals surface area contributed by atoms with Gasteiger partial charge in [-0.3, -0.25) is 0 Å². The average molecular weight is 282 g/mol. The topological polar surface area (TPSA) is 25.2 Å². The first-order valence-corrected chi connectivity index (χ1v) is 6.74. The molecular weight excluding hydrogens is 265 g/mol. The molecular formula is C15H17ClFNO. The van der Waals surface area contributed by atoms with E-state index in [1.54, 1.807) is 18.2 Å². The van der Waals surface area contributed by atoms with Crippen molar-refractivity contribution in [2.75, 3.05) is 6.54 Å². The molecule has 0 amide bonds. The van der Waals surface area contributed by atoms with Crippen molar-refractivity contribution < 1.29 is 8.81 Å². The molecule has 0 aliphatic carbocycles. The van der Waals surface area contributed by atoms with Crippen molar-refractivity contribution in [3.05, 3.63) is 58.3 Å². The molecule has 2 rings (SSSR count). The monoisotopic (exact) mass is 281 g/mol. The third-order valence-electron chi connectivity index (χ3n) is 2.94. The standard InChI is InChI=1S/C15H17ClFNO/c1-3-8-18-15(13-6-7-14(16)19-13)11-9-10(2)4-5-12(11)17/h4-7,9,15,18H,3,8H2,1-2H3. The van der Waals surface area contributed by atoms with Crippen LogP contribution in [-0.4, -0.2) is 6.54 Å². The van der Waals surface area contributed by atoms with Gasteiger partial charge in [0.05, 0.1) is 6.04 Å². The molecule has 0 saturated carbocycles. The Labute approximate surface area is 117 Å². The molecule has 0 spiro atoms. The van der Waals surface area contributed by atoms with Gasteiger partial charge in [0.2, 0.25) is 0 Å². The second-order valence-corrected chi connectivity index (χ2v) is 4.93. The molecule has 1 unspecified atom stereocenters. The highest BCUT2D eigenvalue weighted by molar-refractivity contribution is 6.28. The largest absolute Gasteiger partial charge is 0.448 e. The molecule has 102 valence electrons. The molecule has 4 heteroatoms. The van der Waals surface area contributed by atoms with Gasteiger partial charge in [0.1, 0.15) is 11.6 Å². The van der Waals surface area contributed by atoms with E-state index in [1.807, 2.05) is 13.0 Å². The maximum Gasteiger partial charge on any atom is 0.193 e. The quantitative estimate of drug-likeness (QED) is 0.875. The zero-order valence-corrected chi connectivity index (χ0v) is 11.8. The minimum atomic E-state index is -0.313. The van der Waals surface area contributed by atoms with Crippen LogP contribution in [0.1, 0.15) is 36.3 Å². The van der Waals surface area contributed by atoms with Crippen LogP contribution in [-0.2, 0) is 0 Å². The number of hydrogen-bond donors (Lipinski definition) is 1. The summed E-state index contributed by atoms with van der Waals surface area (Å²) >= 11 is 5.81. The molecule has 1 N–H and O–H groups in total. The SMILES string of the molecule is CCCNC(c1ccc(Cl)o1)c1cc(C)ccc1F. The molecule has 0 aliphatic rings. The number of furan rings is 1. The summed E-state index contributed by atoms with van der Waals surface area (Å²) < 4.78 is 19.5. The Balaban J connectivity index is 2.39. The summed E-state index contributed by atoms with van der Waals surface area (Å²) in [6, 6.07) is 8.20. The summed E-state index contributed by atoms with van der Waals surface area (Å²) in [5.74, 6) is 0.384. The van der Waals surface area contributed by atoms with Gasteiger partial charge < -0.3 is 9.73 Å². The molecule has 19 heavy (non-hydrogen) atoms. The normalized spacial score (nSPS) is 12.6. The first kappa shape index (κ1) is 14.1. The average Bonchev–Trinajstić information content (AvgIpc) is 2.80. The number of rotatable bonds is 5. The highest BCUT2D eigenvalue weighted by Gasteiger charge is 2.20. The third kappa shape index (κ3) is 3.37. The fraction of sp³-hybridized carbons (Fsp3) is 0.333. The molecule has 1 aromatic heterocycles. The van der Waals surface area contributed by atoms with Crippen LogP contribution in [0.4, 0.5) is 4.39 Å². The molecule has 1 aromatic carbocycles. The van der Waals surface area contributed by atoms with Crippen molar-refractivity contribution in [1.82, 2.24) is 5.32 Å². The summed E-state index contributed by atoms with van der Waals surface area (Å²) in [6.45, 7) is 4.77. The van der Waals surface area contributed by atoms with Crippen LogP contribution in [0.2, 0.25) is 5.22 Å². The molecule has 1 heterocycles. The van der Waals surface area contributed by atoms with Crippen LogP contribution in [0.25, 0.3) is 0 Å². The molecule has 0 radical (unpaired) electrons. The van der Waals surface area contributed by atoms with Gasteiger partial charge in [-0.2, -0.15) is 0 Å². The van der Waals surface area contributed by atoms with Gasteiger partial charge in [-0.1, -0.05) is 24.6 Å². The van der Waals surface area contributed by atoms with Crippen LogP contribution in [0.5, 0.6) is 0 Å². The third-order valence-corrected chi connectivity index (χ3v) is 3.14. The highest BCUT2D eigenvalue weighted by Crippen LogP contribution is 2.28. The highest BCUT2D eigenvalue weighted by atomic mass is 35.5. The first-order valence-electron chi connectivity index (χ1n) is 6.36. The summed E-state index contributed by atoms with van der Waals surface area (Å²) in [5.41, 5.74) is 1.59. The molecule has 1 atom stereocenters. The summed E-state index contributed by atoms with van der Waals surface area (Å²) in [5, 5.41) is 3.60. The lowest BCUT2D eigenvalue weighted by Gasteiger charge is -2.18.